The molecule has 1 N–H and O–H groups in total. The lowest BCUT2D eigenvalue weighted by molar-refractivity contribution is 0.0949. The van der Waals surface area contributed by atoms with Gasteiger partial charge < -0.3 is 15.0 Å². The number of carbonyl (C=O) groups is 1. The molecule has 2 aromatic rings. The van der Waals surface area contributed by atoms with Gasteiger partial charge in [-0.05, 0) is 43.4 Å². The molecule has 0 bridgehead atoms. The maximum Gasteiger partial charge on any atom is 0.321 e. The molecule has 3 rings (SSSR count). The number of anilines is 1. The Balaban J connectivity index is 1.68. The van der Waals surface area contributed by atoms with Crippen molar-refractivity contribution >= 4 is 23.6 Å². The van der Waals surface area contributed by atoms with Gasteiger partial charge in [-0.2, -0.15) is 15.0 Å². The molecule has 1 saturated heterocycles. The van der Waals surface area contributed by atoms with Gasteiger partial charge in [-0.25, -0.2) is 0 Å². The summed E-state index contributed by atoms with van der Waals surface area (Å²) in [6, 6.07) is 7.74. The highest BCUT2D eigenvalue weighted by Crippen LogP contribution is 2.18. The summed E-state index contributed by atoms with van der Waals surface area (Å²) in [4.78, 5) is 28.5. The first-order valence-corrected chi connectivity index (χ1v) is 9.38. The van der Waals surface area contributed by atoms with E-state index < -0.39 is 0 Å². The molecule has 25 heavy (non-hydrogen) atoms. The smallest absolute Gasteiger partial charge is 0.321 e. The number of ether oxygens (including phenoxy) is 1. The summed E-state index contributed by atoms with van der Waals surface area (Å²) in [6.07, 6.45) is 4.26. The van der Waals surface area contributed by atoms with Gasteiger partial charge in [0.25, 0.3) is 5.91 Å². The van der Waals surface area contributed by atoms with Gasteiger partial charge in [-0.15, -0.1) is 11.8 Å². The Morgan fingerprint density at radius 1 is 1.20 bits per heavy atom. The van der Waals surface area contributed by atoms with Crippen LogP contribution in [0, 0.1) is 0 Å². The Labute approximate surface area is 151 Å². The van der Waals surface area contributed by atoms with Gasteiger partial charge in [-0.3, -0.25) is 4.79 Å². The van der Waals surface area contributed by atoms with Gasteiger partial charge in [0.2, 0.25) is 5.95 Å². The number of benzene rings is 1. The zero-order valence-corrected chi connectivity index (χ0v) is 15.2. The highest BCUT2D eigenvalue weighted by atomic mass is 32.2. The van der Waals surface area contributed by atoms with Crippen LogP contribution < -0.4 is 15.0 Å². The van der Waals surface area contributed by atoms with Crippen LogP contribution in [0.3, 0.4) is 0 Å². The van der Waals surface area contributed by atoms with Crippen molar-refractivity contribution in [2.24, 2.45) is 0 Å². The molecule has 1 aliphatic rings. The van der Waals surface area contributed by atoms with Crippen molar-refractivity contribution in [3.8, 4) is 6.01 Å². The lowest BCUT2D eigenvalue weighted by Crippen LogP contribution is -2.26. The molecule has 1 aliphatic heterocycles. The summed E-state index contributed by atoms with van der Waals surface area (Å²) in [5.41, 5.74) is 0.610. The monoisotopic (exact) mass is 359 g/mol. The van der Waals surface area contributed by atoms with Crippen molar-refractivity contribution in [3.05, 3.63) is 35.7 Å². The molecule has 0 atom stereocenters. The van der Waals surface area contributed by atoms with Gasteiger partial charge in [-0.1, -0.05) is 0 Å². The lowest BCUT2D eigenvalue weighted by Gasteiger charge is -2.16. The normalized spacial score (nSPS) is 13.8. The maximum atomic E-state index is 12.3. The van der Waals surface area contributed by atoms with E-state index in [0.29, 0.717) is 17.3 Å². The van der Waals surface area contributed by atoms with Gasteiger partial charge in [0.1, 0.15) is 0 Å². The van der Waals surface area contributed by atoms with Crippen LogP contribution in [0.2, 0.25) is 0 Å². The Morgan fingerprint density at radius 3 is 2.56 bits per heavy atom. The van der Waals surface area contributed by atoms with Crippen LogP contribution in [-0.2, 0) is 6.54 Å². The fourth-order valence-corrected chi connectivity index (χ4v) is 3.03. The summed E-state index contributed by atoms with van der Waals surface area (Å²) >= 11 is 1.64. The van der Waals surface area contributed by atoms with Crippen LogP contribution in [0.5, 0.6) is 6.01 Å². The first-order chi connectivity index (χ1) is 12.2. The van der Waals surface area contributed by atoms with Crippen molar-refractivity contribution in [2.45, 2.75) is 24.3 Å². The van der Waals surface area contributed by atoms with Crippen LogP contribution in [0.1, 0.15) is 29.0 Å². The molecule has 0 saturated carbocycles. The first-order valence-electron chi connectivity index (χ1n) is 8.16. The number of nitrogens with one attached hydrogen (secondary N) is 1. The van der Waals surface area contributed by atoms with Gasteiger partial charge in [0, 0.05) is 23.5 Å². The molecule has 132 valence electrons. The number of aromatic nitrogens is 3. The highest BCUT2D eigenvalue weighted by molar-refractivity contribution is 7.98. The summed E-state index contributed by atoms with van der Waals surface area (Å²) in [7, 11) is 1.53. The van der Waals surface area contributed by atoms with Crippen LogP contribution in [0.25, 0.3) is 0 Å². The van der Waals surface area contributed by atoms with Crippen LogP contribution >= 0.6 is 11.8 Å². The molecule has 7 nitrogen and oxygen atoms in total. The molecule has 0 spiro atoms. The third-order valence-corrected chi connectivity index (χ3v) is 4.72. The SMILES string of the molecule is COc1nc(CNC(=O)c2ccc(SC)cc2)nc(N2CCCC2)n1. The van der Waals surface area contributed by atoms with Gasteiger partial charge >= 0.3 is 6.01 Å². The fraction of sp³-hybridized carbons (Fsp3) is 0.412. The number of hydrogen-bond acceptors (Lipinski definition) is 7. The molecule has 1 aromatic heterocycles. The zero-order chi connectivity index (χ0) is 17.6. The average molecular weight is 359 g/mol. The van der Waals surface area contributed by atoms with E-state index in [1.165, 1.54) is 7.11 Å². The molecular formula is C17H21N5O2S. The third-order valence-electron chi connectivity index (χ3n) is 3.98. The molecule has 1 fully saturated rings. The second-order valence-corrected chi connectivity index (χ2v) is 6.52. The van der Waals surface area contributed by atoms with E-state index in [0.717, 1.165) is 30.8 Å². The van der Waals surface area contributed by atoms with Crippen molar-refractivity contribution in [2.75, 3.05) is 31.4 Å². The molecule has 0 radical (unpaired) electrons. The molecule has 8 heteroatoms. The summed E-state index contributed by atoms with van der Waals surface area (Å²) in [6.45, 7) is 2.09. The predicted molar refractivity (Wildman–Crippen MR) is 97.2 cm³/mol. The minimum atomic E-state index is -0.158. The molecule has 1 aromatic carbocycles. The summed E-state index contributed by atoms with van der Waals surface area (Å²) in [5, 5.41) is 2.85. The van der Waals surface area contributed by atoms with E-state index in [-0.39, 0.29) is 18.5 Å². The molecule has 0 aliphatic carbocycles. The van der Waals surface area contributed by atoms with Crippen LogP contribution in [-0.4, -0.2) is 47.3 Å². The minimum Gasteiger partial charge on any atom is -0.467 e. The quantitative estimate of drug-likeness (QED) is 0.791. The first kappa shape index (κ1) is 17.5. The maximum absolute atomic E-state index is 12.3. The standard InChI is InChI=1S/C17H21N5O2S/c1-24-17-20-14(19-16(21-17)22-9-3-4-10-22)11-18-15(23)12-5-7-13(25-2)8-6-12/h5-8H,3-4,9-11H2,1-2H3,(H,18,23). The number of carbonyl (C=O) groups excluding carboxylic acids is 1. The molecular weight excluding hydrogens is 338 g/mol. The molecule has 0 unspecified atom stereocenters. The Kier molecular flexibility index (Phi) is 5.70. The Hall–Kier alpha value is -2.35. The van der Waals surface area contributed by atoms with Crippen LogP contribution in [0.15, 0.2) is 29.2 Å². The van der Waals surface area contributed by atoms with Crippen molar-refractivity contribution < 1.29 is 9.53 Å². The largest absolute Gasteiger partial charge is 0.467 e. The molecule has 2 heterocycles. The average Bonchev–Trinajstić information content (AvgIpc) is 3.20. The second-order valence-electron chi connectivity index (χ2n) is 5.64. The van der Waals surface area contributed by atoms with E-state index in [1.54, 1.807) is 11.8 Å². The van der Waals surface area contributed by atoms with E-state index in [1.807, 2.05) is 30.5 Å². The molecule has 1 amide bonds. The summed E-state index contributed by atoms with van der Waals surface area (Å²) < 4.78 is 5.17. The highest BCUT2D eigenvalue weighted by Gasteiger charge is 2.18. The minimum absolute atomic E-state index is 0.158. The number of nitrogens with zero attached hydrogens (tertiary/aromatic N) is 4. The van der Waals surface area contributed by atoms with E-state index in [2.05, 4.69) is 25.2 Å². The predicted octanol–water partition coefficient (Wildman–Crippen LogP) is 2.13. The number of thioether (sulfide) groups is 1. The van der Waals surface area contributed by atoms with E-state index in [9.17, 15) is 4.79 Å². The second kappa shape index (κ2) is 8.15. The van der Waals surface area contributed by atoms with Crippen molar-refractivity contribution in [1.82, 2.24) is 20.3 Å². The topological polar surface area (TPSA) is 80.2 Å². The number of rotatable bonds is 6. The van der Waals surface area contributed by atoms with E-state index >= 15 is 0 Å². The fourth-order valence-electron chi connectivity index (χ4n) is 2.62. The van der Waals surface area contributed by atoms with Crippen molar-refractivity contribution in [1.29, 1.82) is 0 Å². The Morgan fingerprint density at radius 2 is 1.92 bits per heavy atom. The third kappa shape index (κ3) is 4.39. The van der Waals surface area contributed by atoms with Gasteiger partial charge in [0.05, 0.1) is 13.7 Å². The summed E-state index contributed by atoms with van der Waals surface area (Å²) in [5.74, 6) is 0.940. The zero-order valence-electron chi connectivity index (χ0n) is 14.4. The van der Waals surface area contributed by atoms with Gasteiger partial charge in [0.15, 0.2) is 5.82 Å². The number of amides is 1. The number of hydrogen-bond donors (Lipinski definition) is 1. The van der Waals surface area contributed by atoms with Crippen molar-refractivity contribution in [3.63, 3.8) is 0 Å². The van der Waals surface area contributed by atoms with Crippen LogP contribution in [0.4, 0.5) is 5.95 Å². The van der Waals surface area contributed by atoms with E-state index in [4.69, 9.17) is 4.74 Å². The number of methoxy groups -OCH3 is 1. The lowest BCUT2D eigenvalue weighted by atomic mass is 10.2. The Bertz CT molecular complexity index is 732.